The largest absolute Gasteiger partial charge is 0.492 e. The molecule has 1 amide bonds. The number of nitrogens with zero attached hydrogens (tertiary/aromatic N) is 3. The molecule has 1 heterocycles. The van der Waals surface area contributed by atoms with Crippen LogP contribution in [0.2, 0.25) is 0 Å². The number of fused-ring (bicyclic) bond motifs is 1. The van der Waals surface area contributed by atoms with E-state index in [1.54, 1.807) is 18.3 Å². The van der Waals surface area contributed by atoms with Gasteiger partial charge in [0, 0.05) is 7.05 Å². The first-order chi connectivity index (χ1) is 12.1. The zero-order valence-corrected chi connectivity index (χ0v) is 14.8. The lowest BCUT2D eigenvalue weighted by atomic mass is 10.2. The molecule has 0 radical (unpaired) electrons. The molecule has 1 aromatic heterocycles. The highest BCUT2D eigenvalue weighted by molar-refractivity contribution is 5.83. The number of amides is 1. The molecule has 0 aliphatic heterocycles. The predicted octanol–water partition coefficient (Wildman–Crippen LogP) is 3.44. The van der Waals surface area contributed by atoms with Gasteiger partial charge in [0.25, 0.3) is 0 Å². The van der Waals surface area contributed by atoms with Crippen molar-refractivity contribution in [3.8, 4) is 5.75 Å². The fraction of sp³-hybridized carbons (Fsp3) is 0.300. The first kappa shape index (κ1) is 17.0. The second kappa shape index (κ2) is 7.38. The predicted molar refractivity (Wildman–Crippen MR) is 98.8 cm³/mol. The molecule has 0 aliphatic rings. The number of para-hydroxylation sites is 2. The van der Waals surface area contributed by atoms with Crippen molar-refractivity contribution in [1.29, 1.82) is 0 Å². The number of carbonyl (C=O) groups excluding carboxylic acids is 1. The molecule has 1 atom stereocenters. The van der Waals surface area contributed by atoms with E-state index in [0.29, 0.717) is 13.2 Å². The number of imidazole rings is 1. The van der Waals surface area contributed by atoms with E-state index in [1.165, 1.54) is 5.56 Å². The van der Waals surface area contributed by atoms with Gasteiger partial charge in [-0.3, -0.25) is 4.79 Å². The maximum Gasteiger partial charge on any atom is 0.245 e. The lowest BCUT2D eigenvalue weighted by Crippen LogP contribution is -2.35. The highest BCUT2D eigenvalue weighted by atomic mass is 16.5. The number of hydrogen-bond acceptors (Lipinski definition) is 3. The summed E-state index contributed by atoms with van der Waals surface area (Å²) < 4.78 is 7.62. The average molecular weight is 337 g/mol. The van der Waals surface area contributed by atoms with Crippen molar-refractivity contribution in [2.75, 3.05) is 20.2 Å². The van der Waals surface area contributed by atoms with Gasteiger partial charge in [-0.25, -0.2) is 4.98 Å². The van der Waals surface area contributed by atoms with Crippen LogP contribution >= 0.6 is 0 Å². The third kappa shape index (κ3) is 3.82. The summed E-state index contributed by atoms with van der Waals surface area (Å²) in [5.41, 5.74) is 3.06. The van der Waals surface area contributed by atoms with E-state index in [2.05, 4.69) is 4.98 Å². The normalized spacial score (nSPS) is 12.1. The van der Waals surface area contributed by atoms with Crippen molar-refractivity contribution in [2.24, 2.45) is 0 Å². The summed E-state index contributed by atoms with van der Waals surface area (Å²) in [5.74, 6) is 0.857. The number of carbonyl (C=O) groups is 1. The Bertz CT molecular complexity index is 855. The van der Waals surface area contributed by atoms with Crippen molar-refractivity contribution >= 4 is 16.9 Å². The summed E-state index contributed by atoms with van der Waals surface area (Å²) in [6.45, 7) is 4.93. The summed E-state index contributed by atoms with van der Waals surface area (Å²) in [7, 11) is 1.80. The van der Waals surface area contributed by atoms with Crippen LogP contribution in [0.4, 0.5) is 0 Å². The molecule has 5 heteroatoms. The van der Waals surface area contributed by atoms with Crippen LogP contribution in [0, 0.1) is 6.92 Å². The van der Waals surface area contributed by atoms with Crippen molar-refractivity contribution < 1.29 is 9.53 Å². The topological polar surface area (TPSA) is 47.4 Å². The molecular formula is C20H23N3O2. The minimum Gasteiger partial charge on any atom is -0.492 e. The Hall–Kier alpha value is -2.82. The van der Waals surface area contributed by atoms with Crippen LogP contribution in [0.15, 0.2) is 54.9 Å². The van der Waals surface area contributed by atoms with Crippen LogP contribution < -0.4 is 4.74 Å². The van der Waals surface area contributed by atoms with Gasteiger partial charge in [0.1, 0.15) is 18.4 Å². The van der Waals surface area contributed by atoms with E-state index in [0.717, 1.165) is 16.8 Å². The molecule has 2 aromatic carbocycles. The van der Waals surface area contributed by atoms with Crippen LogP contribution in [-0.2, 0) is 4.79 Å². The molecule has 0 saturated carbocycles. The summed E-state index contributed by atoms with van der Waals surface area (Å²) in [4.78, 5) is 18.8. The molecule has 0 bridgehead atoms. The highest BCUT2D eigenvalue weighted by Crippen LogP contribution is 2.18. The van der Waals surface area contributed by atoms with Gasteiger partial charge in [-0.1, -0.05) is 29.8 Å². The number of aryl methyl sites for hydroxylation is 1. The molecular weight excluding hydrogens is 314 g/mol. The number of ether oxygens (including phenoxy) is 1. The first-order valence-corrected chi connectivity index (χ1v) is 8.42. The van der Waals surface area contributed by atoms with Gasteiger partial charge in [0.15, 0.2) is 0 Å². The fourth-order valence-electron chi connectivity index (χ4n) is 2.77. The SMILES string of the molecule is Cc1ccc(OCCN(C)C(=O)C(C)n2cnc3ccccc32)cc1. The summed E-state index contributed by atoms with van der Waals surface area (Å²) in [6.07, 6.45) is 1.73. The van der Waals surface area contributed by atoms with Gasteiger partial charge in [0.2, 0.25) is 5.91 Å². The molecule has 3 rings (SSSR count). The van der Waals surface area contributed by atoms with Crippen LogP contribution in [0.1, 0.15) is 18.5 Å². The van der Waals surface area contributed by atoms with Crippen LogP contribution in [-0.4, -0.2) is 40.6 Å². The van der Waals surface area contributed by atoms with Crippen molar-refractivity contribution in [1.82, 2.24) is 14.5 Å². The maximum absolute atomic E-state index is 12.7. The Balaban J connectivity index is 1.59. The molecule has 0 fully saturated rings. The Morgan fingerprint density at radius 2 is 1.92 bits per heavy atom. The zero-order chi connectivity index (χ0) is 17.8. The zero-order valence-electron chi connectivity index (χ0n) is 14.8. The smallest absolute Gasteiger partial charge is 0.245 e. The molecule has 0 spiro atoms. The van der Waals surface area contributed by atoms with Gasteiger partial charge < -0.3 is 14.2 Å². The van der Waals surface area contributed by atoms with Crippen LogP contribution in [0.5, 0.6) is 5.75 Å². The van der Waals surface area contributed by atoms with E-state index in [4.69, 9.17) is 4.74 Å². The molecule has 1 unspecified atom stereocenters. The fourth-order valence-corrected chi connectivity index (χ4v) is 2.77. The van der Waals surface area contributed by atoms with Gasteiger partial charge >= 0.3 is 0 Å². The number of rotatable bonds is 6. The summed E-state index contributed by atoms with van der Waals surface area (Å²) in [6, 6.07) is 15.4. The molecule has 5 nitrogen and oxygen atoms in total. The molecule has 3 aromatic rings. The van der Waals surface area contributed by atoms with Crippen molar-refractivity contribution in [3.05, 3.63) is 60.4 Å². The lowest BCUT2D eigenvalue weighted by Gasteiger charge is -2.22. The van der Waals surface area contributed by atoms with E-state index in [1.807, 2.05) is 66.9 Å². The number of hydrogen-bond donors (Lipinski definition) is 0. The Labute approximate surface area is 147 Å². The van der Waals surface area contributed by atoms with E-state index < -0.39 is 0 Å². The van der Waals surface area contributed by atoms with Crippen LogP contribution in [0.25, 0.3) is 11.0 Å². The van der Waals surface area contributed by atoms with E-state index in [-0.39, 0.29) is 11.9 Å². The van der Waals surface area contributed by atoms with Crippen molar-refractivity contribution in [3.63, 3.8) is 0 Å². The lowest BCUT2D eigenvalue weighted by molar-refractivity contribution is -0.133. The Morgan fingerprint density at radius 1 is 1.20 bits per heavy atom. The highest BCUT2D eigenvalue weighted by Gasteiger charge is 2.20. The number of likely N-dealkylation sites (N-methyl/N-ethyl adjacent to an activating group) is 1. The summed E-state index contributed by atoms with van der Waals surface area (Å²) in [5, 5.41) is 0. The number of aromatic nitrogens is 2. The van der Waals surface area contributed by atoms with E-state index >= 15 is 0 Å². The minimum atomic E-state index is -0.309. The van der Waals surface area contributed by atoms with Gasteiger partial charge in [-0.15, -0.1) is 0 Å². The second-order valence-electron chi connectivity index (χ2n) is 6.24. The molecule has 130 valence electrons. The van der Waals surface area contributed by atoms with E-state index in [9.17, 15) is 4.79 Å². The first-order valence-electron chi connectivity index (χ1n) is 8.42. The van der Waals surface area contributed by atoms with Gasteiger partial charge in [-0.2, -0.15) is 0 Å². The monoisotopic (exact) mass is 337 g/mol. The molecule has 0 aliphatic carbocycles. The quantitative estimate of drug-likeness (QED) is 0.692. The van der Waals surface area contributed by atoms with Gasteiger partial charge in [-0.05, 0) is 38.1 Å². The Kier molecular flexibility index (Phi) is 5.03. The van der Waals surface area contributed by atoms with Crippen molar-refractivity contribution in [2.45, 2.75) is 19.9 Å². The summed E-state index contributed by atoms with van der Waals surface area (Å²) >= 11 is 0. The average Bonchev–Trinajstić information content (AvgIpc) is 3.06. The molecule has 25 heavy (non-hydrogen) atoms. The maximum atomic E-state index is 12.7. The minimum absolute atomic E-state index is 0.0376. The number of benzene rings is 2. The van der Waals surface area contributed by atoms with Gasteiger partial charge in [0.05, 0.1) is 23.9 Å². The van der Waals surface area contributed by atoms with Crippen LogP contribution in [0.3, 0.4) is 0 Å². The third-order valence-electron chi connectivity index (χ3n) is 4.35. The Morgan fingerprint density at radius 3 is 2.68 bits per heavy atom. The second-order valence-corrected chi connectivity index (χ2v) is 6.24. The molecule has 0 N–H and O–H groups in total. The third-order valence-corrected chi connectivity index (χ3v) is 4.35. The molecule has 0 saturated heterocycles. The standard InChI is InChI=1S/C20H23N3O2/c1-15-8-10-17(11-9-15)25-13-12-22(3)20(24)16(2)23-14-21-18-6-4-5-7-19(18)23/h4-11,14,16H,12-13H2,1-3H3.